The lowest BCUT2D eigenvalue weighted by Gasteiger charge is -2.18. The van der Waals surface area contributed by atoms with Crippen LogP contribution in [0, 0.1) is 0 Å². The molecular formula is C10H11IN2O2. The molecule has 0 N–H and O–H groups in total. The highest BCUT2D eigenvalue weighted by Crippen LogP contribution is 2.22. The molecule has 2 rings (SSSR count). The Balaban J connectivity index is 2.18. The fourth-order valence-corrected chi connectivity index (χ4v) is 2.06. The topological polar surface area (TPSA) is 42.4 Å². The van der Waals surface area contributed by atoms with Gasteiger partial charge in [-0.2, -0.15) is 0 Å². The number of carbonyl (C=O) groups is 1. The van der Waals surface area contributed by atoms with Crippen molar-refractivity contribution in [2.45, 2.75) is 12.3 Å². The lowest BCUT2D eigenvalue weighted by Crippen LogP contribution is -2.31. The number of anilines is 1. The lowest BCUT2D eigenvalue weighted by atomic mass is 10.3. The number of ether oxygens (including phenoxy) is 1. The van der Waals surface area contributed by atoms with Crippen LogP contribution in [0.5, 0.6) is 0 Å². The van der Waals surface area contributed by atoms with E-state index in [0.717, 1.165) is 23.1 Å². The van der Waals surface area contributed by atoms with E-state index >= 15 is 0 Å². The Morgan fingerprint density at radius 2 is 2.53 bits per heavy atom. The second kappa shape index (κ2) is 4.89. The number of pyridine rings is 1. The minimum absolute atomic E-state index is 0.114. The van der Waals surface area contributed by atoms with Crippen molar-refractivity contribution in [1.82, 2.24) is 4.98 Å². The van der Waals surface area contributed by atoms with Crippen LogP contribution in [0.25, 0.3) is 0 Å². The molecule has 0 saturated carbocycles. The van der Waals surface area contributed by atoms with Crippen molar-refractivity contribution in [3.05, 3.63) is 24.4 Å². The van der Waals surface area contributed by atoms with Crippen molar-refractivity contribution in [2.24, 2.45) is 0 Å². The smallest absolute Gasteiger partial charge is 0.188 e. The minimum atomic E-state index is -0.486. The van der Waals surface area contributed by atoms with Gasteiger partial charge in [-0.15, -0.1) is 0 Å². The highest BCUT2D eigenvalue weighted by Gasteiger charge is 2.32. The highest BCUT2D eigenvalue weighted by atomic mass is 127. The van der Waals surface area contributed by atoms with E-state index in [1.54, 1.807) is 6.20 Å². The summed E-state index contributed by atoms with van der Waals surface area (Å²) in [5.74, 6) is 0.793. The summed E-state index contributed by atoms with van der Waals surface area (Å²) in [4.78, 5) is 17.0. The summed E-state index contributed by atoms with van der Waals surface area (Å²) < 4.78 is 6.42. The largest absolute Gasteiger partial charge is 0.345 e. The third kappa shape index (κ3) is 2.28. The minimum Gasteiger partial charge on any atom is -0.345 e. The molecule has 1 saturated heterocycles. The van der Waals surface area contributed by atoms with E-state index in [1.807, 2.05) is 23.1 Å². The Hall–Kier alpha value is -0.690. The molecule has 0 bridgehead atoms. The molecule has 2 heterocycles. The number of carbonyl (C=O) groups excluding carboxylic acids is 1. The van der Waals surface area contributed by atoms with Crippen LogP contribution >= 0.6 is 22.6 Å². The first-order chi connectivity index (χ1) is 7.35. The quantitative estimate of drug-likeness (QED) is 0.478. The molecule has 1 aliphatic rings. The van der Waals surface area contributed by atoms with Crippen LogP contribution in [0.2, 0.25) is 0 Å². The number of rotatable bonds is 3. The van der Waals surface area contributed by atoms with Crippen LogP contribution in [-0.2, 0) is 9.53 Å². The summed E-state index contributed by atoms with van der Waals surface area (Å²) in [6.45, 7) is 0.726. The van der Waals surface area contributed by atoms with Crippen molar-refractivity contribution in [3.8, 4) is 0 Å². The molecule has 15 heavy (non-hydrogen) atoms. The molecule has 0 amide bonds. The average Bonchev–Trinajstić information content (AvgIpc) is 2.73. The van der Waals surface area contributed by atoms with Gasteiger partial charge in [0.2, 0.25) is 0 Å². The first-order valence-electron chi connectivity index (χ1n) is 4.69. The molecule has 1 fully saturated rings. The predicted octanol–water partition coefficient (Wildman–Crippen LogP) is 1.25. The lowest BCUT2D eigenvalue weighted by molar-refractivity contribution is -0.116. The van der Waals surface area contributed by atoms with Crippen molar-refractivity contribution >= 4 is 34.7 Å². The Kier molecular flexibility index (Phi) is 3.53. The Labute approximate surface area is 102 Å². The van der Waals surface area contributed by atoms with Crippen LogP contribution in [0.15, 0.2) is 24.4 Å². The average molecular weight is 318 g/mol. The summed E-state index contributed by atoms with van der Waals surface area (Å²) in [5.41, 5.74) is 0. The van der Waals surface area contributed by atoms with E-state index in [-0.39, 0.29) is 6.10 Å². The Bertz CT molecular complexity index is 333. The van der Waals surface area contributed by atoms with Gasteiger partial charge >= 0.3 is 0 Å². The van der Waals surface area contributed by atoms with Gasteiger partial charge in [-0.3, -0.25) is 4.79 Å². The Morgan fingerprint density at radius 1 is 1.67 bits per heavy atom. The molecule has 0 aromatic carbocycles. The molecule has 1 aromatic rings. The van der Waals surface area contributed by atoms with Crippen LogP contribution < -0.4 is 4.90 Å². The van der Waals surface area contributed by atoms with Crippen molar-refractivity contribution < 1.29 is 9.53 Å². The molecule has 1 aliphatic heterocycles. The maximum Gasteiger partial charge on any atom is 0.188 e. The van der Waals surface area contributed by atoms with Crippen LogP contribution in [0.4, 0.5) is 5.82 Å². The zero-order valence-corrected chi connectivity index (χ0v) is 10.2. The number of halogens is 1. The number of aldehydes is 1. The van der Waals surface area contributed by atoms with Gasteiger partial charge in [0.25, 0.3) is 0 Å². The molecule has 0 radical (unpaired) electrons. The molecule has 2 unspecified atom stereocenters. The number of hydrogen-bond donors (Lipinski definition) is 0. The third-order valence-electron chi connectivity index (χ3n) is 2.27. The predicted molar refractivity (Wildman–Crippen MR) is 65.2 cm³/mol. The molecule has 4 nitrogen and oxygen atoms in total. The van der Waals surface area contributed by atoms with Crippen LogP contribution in [-0.4, -0.2) is 34.6 Å². The van der Waals surface area contributed by atoms with Gasteiger partial charge in [-0.05, 0) is 12.1 Å². The van der Waals surface area contributed by atoms with Gasteiger partial charge in [0.05, 0.1) is 6.10 Å². The van der Waals surface area contributed by atoms with Gasteiger partial charge in [0.15, 0.2) is 12.5 Å². The maximum absolute atomic E-state index is 10.9. The zero-order chi connectivity index (χ0) is 10.7. The first kappa shape index (κ1) is 10.8. The molecular weight excluding hydrogens is 307 g/mol. The van der Waals surface area contributed by atoms with Gasteiger partial charge in [-0.25, -0.2) is 4.98 Å². The SMILES string of the molecule is O=CC1OC(CI)CN1c1ccccn1. The van der Waals surface area contributed by atoms with Gasteiger partial charge in [0.1, 0.15) is 5.82 Å². The van der Waals surface area contributed by atoms with E-state index in [4.69, 9.17) is 4.74 Å². The third-order valence-corrected chi connectivity index (χ3v) is 3.25. The monoisotopic (exact) mass is 318 g/mol. The van der Waals surface area contributed by atoms with E-state index in [0.29, 0.717) is 0 Å². The van der Waals surface area contributed by atoms with E-state index in [1.165, 1.54) is 0 Å². The molecule has 0 spiro atoms. The van der Waals surface area contributed by atoms with Crippen molar-refractivity contribution in [1.29, 1.82) is 0 Å². The molecule has 2 atom stereocenters. The summed E-state index contributed by atoms with van der Waals surface area (Å²) in [5, 5.41) is 0. The molecule has 1 aromatic heterocycles. The van der Waals surface area contributed by atoms with Gasteiger partial charge in [-0.1, -0.05) is 28.7 Å². The van der Waals surface area contributed by atoms with Gasteiger partial charge < -0.3 is 9.64 Å². The second-order valence-electron chi connectivity index (χ2n) is 3.28. The van der Waals surface area contributed by atoms with E-state index < -0.39 is 6.23 Å². The maximum atomic E-state index is 10.9. The van der Waals surface area contributed by atoms with E-state index in [9.17, 15) is 4.79 Å². The molecule has 0 aliphatic carbocycles. The summed E-state index contributed by atoms with van der Waals surface area (Å²) in [6.07, 6.45) is 2.16. The van der Waals surface area contributed by atoms with Crippen LogP contribution in [0.1, 0.15) is 0 Å². The van der Waals surface area contributed by atoms with Crippen molar-refractivity contribution in [3.63, 3.8) is 0 Å². The fourth-order valence-electron chi connectivity index (χ4n) is 1.58. The number of hydrogen-bond acceptors (Lipinski definition) is 4. The van der Waals surface area contributed by atoms with Crippen LogP contribution in [0.3, 0.4) is 0 Å². The molecule has 80 valence electrons. The summed E-state index contributed by atoms with van der Waals surface area (Å²) in [7, 11) is 0. The standard InChI is InChI=1S/C10H11IN2O2/c11-5-8-6-13(10(7-14)15-8)9-3-1-2-4-12-9/h1-4,7-8,10H,5-6H2. The normalized spacial score (nSPS) is 25.5. The highest BCUT2D eigenvalue weighted by molar-refractivity contribution is 14.1. The van der Waals surface area contributed by atoms with E-state index in [2.05, 4.69) is 27.6 Å². The number of nitrogens with zero attached hydrogens (tertiary/aromatic N) is 2. The van der Waals surface area contributed by atoms with Crippen molar-refractivity contribution in [2.75, 3.05) is 15.9 Å². The summed E-state index contributed by atoms with van der Waals surface area (Å²) >= 11 is 2.26. The fraction of sp³-hybridized carbons (Fsp3) is 0.400. The molecule has 5 heteroatoms. The second-order valence-corrected chi connectivity index (χ2v) is 4.16. The zero-order valence-electron chi connectivity index (χ0n) is 8.04. The summed E-state index contributed by atoms with van der Waals surface area (Å²) in [6, 6.07) is 5.64. The number of alkyl halides is 1. The first-order valence-corrected chi connectivity index (χ1v) is 6.22. The number of aromatic nitrogens is 1. The van der Waals surface area contributed by atoms with Gasteiger partial charge in [0, 0.05) is 17.2 Å². The Morgan fingerprint density at radius 3 is 3.13 bits per heavy atom.